The number of hydrogen-bond donors (Lipinski definition) is 0. The average molecular weight is 323 g/mol. The topological polar surface area (TPSA) is 3.24 Å². The van der Waals surface area contributed by atoms with Crippen LogP contribution in [0.2, 0.25) is 5.02 Å². The van der Waals surface area contributed by atoms with E-state index in [9.17, 15) is 0 Å². The normalized spacial score (nSPS) is 10.1. The van der Waals surface area contributed by atoms with E-state index in [1.807, 2.05) is 42.5 Å². The lowest BCUT2D eigenvalue weighted by Gasteiger charge is -2.24. The molecule has 0 unspecified atom stereocenters. The highest BCUT2D eigenvalue weighted by atomic mass is 79.9. The minimum Gasteiger partial charge on any atom is -0.336 e. The number of anilines is 2. The van der Waals surface area contributed by atoms with Crippen molar-refractivity contribution in [1.29, 1.82) is 0 Å². The highest BCUT2D eigenvalue weighted by Crippen LogP contribution is 2.33. The van der Waals surface area contributed by atoms with Crippen molar-refractivity contribution in [3.05, 3.63) is 70.7 Å². The third kappa shape index (κ3) is 2.95. The predicted molar refractivity (Wildman–Crippen MR) is 82.8 cm³/mol. The Kier molecular flexibility index (Phi) is 4.45. The molecule has 0 aromatic heterocycles. The number of rotatable bonds is 4. The first-order valence-corrected chi connectivity index (χ1v) is 6.78. The van der Waals surface area contributed by atoms with E-state index in [1.165, 1.54) is 0 Å². The molecule has 18 heavy (non-hydrogen) atoms. The summed E-state index contributed by atoms with van der Waals surface area (Å²) in [5.74, 6) is 0. The number of para-hydroxylation sites is 1. The van der Waals surface area contributed by atoms with E-state index in [4.69, 9.17) is 11.6 Å². The predicted octanol–water partition coefficient (Wildman–Crippen LogP) is 5.43. The summed E-state index contributed by atoms with van der Waals surface area (Å²) in [4.78, 5) is 2.13. The van der Waals surface area contributed by atoms with E-state index >= 15 is 0 Å². The fourth-order valence-electron chi connectivity index (χ4n) is 1.78. The van der Waals surface area contributed by atoms with Gasteiger partial charge in [0.05, 0.1) is 10.7 Å². The van der Waals surface area contributed by atoms with Crippen LogP contribution in [0.1, 0.15) is 0 Å². The van der Waals surface area contributed by atoms with Gasteiger partial charge in [0, 0.05) is 16.7 Å². The van der Waals surface area contributed by atoms with E-state index < -0.39 is 0 Å². The molecule has 0 aliphatic heterocycles. The van der Waals surface area contributed by atoms with E-state index in [2.05, 4.69) is 39.5 Å². The van der Waals surface area contributed by atoms with Crippen LogP contribution in [-0.2, 0) is 0 Å². The maximum atomic E-state index is 6.30. The Morgan fingerprint density at radius 1 is 1.17 bits per heavy atom. The monoisotopic (exact) mass is 321 g/mol. The molecule has 3 heteroatoms. The molecule has 1 nitrogen and oxygen atoms in total. The van der Waals surface area contributed by atoms with Crippen molar-refractivity contribution in [3.8, 4) is 0 Å². The minimum atomic E-state index is 0.714. The first-order valence-electron chi connectivity index (χ1n) is 5.61. The van der Waals surface area contributed by atoms with E-state index in [0.717, 1.165) is 20.9 Å². The van der Waals surface area contributed by atoms with Gasteiger partial charge in [-0.1, -0.05) is 51.8 Å². The largest absolute Gasteiger partial charge is 0.336 e. The summed E-state index contributed by atoms with van der Waals surface area (Å²) in [5, 5.41) is 0.718. The van der Waals surface area contributed by atoms with Crippen LogP contribution in [0.15, 0.2) is 65.7 Å². The van der Waals surface area contributed by atoms with Crippen molar-refractivity contribution in [1.82, 2.24) is 0 Å². The van der Waals surface area contributed by atoms with Gasteiger partial charge in [-0.3, -0.25) is 0 Å². The van der Waals surface area contributed by atoms with Crippen molar-refractivity contribution in [2.24, 2.45) is 0 Å². The third-order valence-corrected chi connectivity index (χ3v) is 3.38. The Labute approximate surface area is 121 Å². The summed E-state index contributed by atoms with van der Waals surface area (Å²) in [5.41, 5.74) is 2.08. The second kappa shape index (κ2) is 6.07. The third-order valence-electron chi connectivity index (χ3n) is 2.58. The molecule has 2 aromatic rings. The van der Waals surface area contributed by atoms with Crippen LogP contribution in [0.3, 0.4) is 0 Å². The first-order chi connectivity index (χ1) is 8.72. The van der Waals surface area contributed by atoms with Gasteiger partial charge in [-0.05, 0) is 30.3 Å². The summed E-state index contributed by atoms with van der Waals surface area (Å²) in [6, 6.07) is 16.0. The van der Waals surface area contributed by atoms with E-state index in [1.54, 1.807) is 0 Å². The molecule has 0 amide bonds. The smallest absolute Gasteiger partial charge is 0.0654 e. The van der Waals surface area contributed by atoms with Crippen LogP contribution in [0, 0.1) is 0 Å². The molecule has 0 radical (unpaired) electrons. The zero-order valence-electron chi connectivity index (χ0n) is 9.81. The van der Waals surface area contributed by atoms with Gasteiger partial charge in [-0.2, -0.15) is 0 Å². The average Bonchev–Trinajstić information content (AvgIpc) is 2.38. The van der Waals surface area contributed by atoms with Crippen molar-refractivity contribution < 1.29 is 0 Å². The standard InChI is InChI=1S/C15H13BrClN/c1-2-10-18(13-6-4-3-5-7-13)15-9-8-12(16)11-14(15)17/h2-9,11H,1,10H2. The number of halogens is 2. The van der Waals surface area contributed by atoms with Crippen LogP contribution in [0.25, 0.3) is 0 Å². The maximum Gasteiger partial charge on any atom is 0.0654 e. The molecule has 0 bridgehead atoms. The lowest BCUT2D eigenvalue weighted by molar-refractivity contribution is 1.10. The van der Waals surface area contributed by atoms with Crippen LogP contribution >= 0.6 is 27.5 Å². The van der Waals surface area contributed by atoms with E-state index in [0.29, 0.717) is 6.54 Å². The van der Waals surface area contributed by atoms with Crippen molar-refractivity contribution in [3.63, 3.8) is 0 Å². The lowest BCUT2D eigenvalue weighted by atomic mass is 10.2. The Morgan fingerprint density at radius 3 is 2.50 bits per heavy atom. The summed E-state index contributed by atoms with van der Waals surface area (Å²) in [6.45, 7) is 4.52. The van der Waals surface area contributed by atoms with Gasteiger partial charge < -0.3 is 4.90 Å². The zero-order valence-corrected chi connectivity index (χ0v) is 12.2. The molecule has 2 aromatic carbocycles. The SMILES string of the molecule is C=CCN(c1ccccc1)c1ccc(Br)cc1Cl. The molecule has 0 atom stereocenters. The van der Waals surface area contributed by atoms with Crippen LogP contribution in [-0.4, -0.2) is 6.54 Å². The molecule has 0 spiro atoms. The molecule has 0 N–H and O–H groups in total. The zero-order chi connectivity index (χ0) is 13.0. The number of nitrogens with zero attached hydrogens (tertiary/aromatic N) is 1. The molecule has 0 fully saturated rings. The second-order valence-corrected chi connectivity index (χ2v) is 5.15. The van der Waals surface area contributed by atoms with Gasteiger partial charge >= 0.3 is 0 Å². The summed E-state index contributed by atoms with van der Waals surface area (Å²) < 4.78 is 0.975. The molecule has 0 aliphatic carbocycles. The van der Waals surface area contributed by atoms with Gasteiger partial charge in [0.1, 0.15) is 0 Å². The molecule has 0 aliphatic rings. The minimum absolute atomic E-state index is 0.714. The molecule has 92 valence electrons. The quantitative estimate of drug-likeness (QED) is 0.679. The fourth-order valence-corrected chi connectivity index (χ4v) is 2.56. The first kappa shape index (κ1) is 13.2. The number of benzene rings is 2. The lowest BCUT2D eigenvalue weighted by Crippen LogP contribution is -2.16. The summed E-state index contributed by atoms with van der Waals surface area (Å²) >= 11 is 9.72. The molecule has 0 heterocycles. The van der Waals surface area contributed by atoms with Crippen molar-refractivity contribution >= 4 is 38.9 Å². The highest BCUT2D eigenvalue weighted by Gasteiger charge is 2.11. The Balaban J connectivity index is 2.44. The molecule has 2 rings (SSSR count). The maximum absolute atomic E-state index is 6.30. The van der Waals surface area contributed by atoms with Gasteiger partial charge in [-0.25, -0.2) is 0 Å². The Hall–Kier alpha value is -1.25. The molecule has 0 saturated heterocycles. The van der Waals surface area contributed by atoms with Gasteiger partial charge in [0.2, 0.25) is 0 Å². The van der Waals surface area contributed by atoms with Crippen molar-refractivity contribution in [2.45, 2.75) is 0 Å². The number of hydrogen-bond acceptors (Lipinski definition) is 1. The molecule has 0 saturated carbocycles. The van der Waals surface area contributed by atoms with Crippen LogP contribution < -0.4 is 4.90 Å². The van der Waals surface area contributed by atoms with Gasteiger partial charge in [-0.15, -0.1) is 6.58 Å². The van der Waals surface area contributed by atoms with Crippen LogP contribution in [0.5, 0.6) is 0 Å². The second-order valence-electron chi connectivity index (χ2n) is 3.83. The van der Waals surface area contributed by atoms with Crippen molar-refractivity contribution in [2.75, 3.05) is 11.4 Å². The van der Waals surface area contributed by atoms with Crippen LogP contribution in [0.4, 0.5) is 11.4 Å². The molecular formula is C15H13BrClN. The summed E-state index contributed by atoms with van der Waals surface area (Å²) in [6.07, 6.45) is 1.87. The highest BCUT2D eigenvalue weighted by molar-refractivity contribution is 9.10. The van der Waals surface area contributed by atoms with Gasteiger partial charge in [0.15, 0.2) is 0 Å². The fraction of sp³-hybridized carbons (Fsp3) is 0.0667. The summed E-state index contributed by atoms with van der Waals surface area (Å²) in [7, 11) is 0. The Bertz CT molecular complexity index is 539. The van der Waals surface area contributed by atoms with Gasteiger partial charge in [0.25, 0.3) is 0 Å². The Morgan fingerprint density at radius 2 is 1.89 bits per heavy atom. The van der Waals surface area contributed by atoms with E-state index in [-0.39, 0.29) is 0 Å². The molecular weight excluding hydrogens is 310 g/mol.